The highest BCUT2D eigenvalue weighted by Crippen LogP contribution is 2.15. The van der Waals surface area contributed by atoms with Gasteiger partial charge in [-0.15, -0.1) is 0 Å². The van der Waals surface area contributed by atoms with Gasteiger partial charge in [0, 0.05) is 17.9 Å². The minimum Gasteiger partial charge on any atom is -0.444 e. The number of nitrogens with one attached hydrogen (secondary N) is 3. The van der Waals surface area contributed by atoms with Crippen molar-refractivity contribution in [2.24, 2.45) is 0 Å². The van der Waals surface area contributed by atoms with Gasteiger partial charge < -0.3 is 15.4 Å². The average Bonchev–Trinajstić information content (AvgIpc) is 2.56. The first-order valence-corrected chi connectivity index (χ1v) is 8.51. The molecule has 6 nitrogen and oxygen atoms in total. The van der Waals surface area contributed by atoms with Crippen LogP contribution < -0.4 is 16.0 Å². The van der Waals surface area contributed by atoms with Crippen LogP contribution in [-0.2, 0) is 11.2 Å². The van der Waals surface area contributed by atoms with Crippen LogP contribution in [0.25, 0.3) is 0 Å². The highest BCUT2D eigenvalue weighted by molar-refractivity contribution is 5.90. The summed E-state index contributed by atoms with van der Waals surface area (Å²) in [6.07, 6.45) is 0.254. The summed E-state index contributed by atoms with van der Waals surface area (Å²) in [6, 6.07) is 16.5. The van der Waals surface area contributed by atoms with Crippen molar-refractivity contribution in [1.82, 2.24) is 5.32 Å². The SMILES string of the molecule is CC(C)(C)OC(=O)Nc1ccc(NC(=O)NCCc2ccccc2)cc1. The molecule has 2 aromatic rings. The van der Waals surface area contributed by atoms with Gasteiger partial charge in [0.2, 0.25) is 0 Å². The molecule has 0 aliphatic carbocycles. The quantitative estimate of drug-likeness (QED) is 0.744. The Bertz CT molecular complexity index is 722. The van der Waals surface area contributed by atoms with Gasteiger partial charge in [0.15, 0.2) is 0 Å². The van der Waals surface area contributed by atoms with Gasteiger partial charge in [-0.1, -0.05) is 30.3 Å². The first-order chi connectivity index (χ1) is 12.3. The lowest BCUT2D eigenvalue weighted by Gasteiger charge is -2.19. The van der Waals surface area contributed by atoms with Gasteiger partial charge in [-0.05, 0) is 57.0 Å². The summed E-state index contributed by atoms with van der Waals surface area (Å²) >= 11 is 0. The van der Waals surface area contributed by atoms with E-state index in [1.165, 1.54) is 5.56 Å². The number of rotatable bonds is 5. The highest BCUT2D eigenvalue weighted by Gasteiger charge is 2.16. The summed E-state index contributed by atoms with van der Waals surface area (Å²) in [5.74, 6) is 0. The number of hydrogen-bond donors (Lipinski definition) is 3. The van der Waals surface area contributed by atoms with Crippen molar-refractivity contribution in [2.75, 3.05) is 17.2 Å². The van der Waals surface area contributed by atoms with E-state index < -0.39 is 11.7 Å². The lowest BCUT2D eigenvalue weighted by molar-refractivity contribution is 0.0636. The van der Waals surface area contributed by atoms with E-state index in [4.69, 9.17) is 4.74 Å². The second-order valence-corrected chi connectivity index (χ2v) is 6.82. The molecular formula is C20H25N3O3. The molecule has 138 valence electrons. The summed E-state index contributed by atoms with van der Waals surface area (Å²) in [5, 5.41) is 8.21. The number of ether oxygens (including phenoxy) is 1. The second-order valence-electron chi connectivity index (χ2n) is 6.82. The smallest absolute Gasteiger partial charge is 0.412 e. The molecular weight excluding hydrogens is 330 g/mol. The van der Waals surface area contributed by atoms with Gasteiger partial charge in [0.25, 0.3) is 0 Å². The molecule has 0 atom stereocenters. The highest BCUT2D eigenvalue weighted by atomic mass is 16.6. The lowest BCUT2D eigenvalue weighted by Crippen LogP contribution is -2.30. The number of anilines is 2. The van der Waals surface area contributed by atoms with Crippen LogP contribution in [0.5, 0.6) is 0 Å². The molecule has 3 amide bonds. The van der Waals surface area contributed by atoms with Crippen molar-refractivity contribution in [3.8, 4) is 0 Å². The predicted octanol–water partition coefficient (Wildman–Crippen LogP) is 4.40. The van der Waals surface area contributed by atoms with Gasteiger partial charge >= 0.3 is 12.1 Å². The van der Waals surface area contributed by atoms with Gasteiger partial charge in [0.05, 0.1) is 0 Å². The minimum absolute atomic E-state index is 0.270. The van der Waals surface area contributed by atoms with E-state index in [-0.39, 0.29) is 6.03 Å². The maximum absolute atomic E-state index is 11.9. The van der Waals surface area contributed by atoms with E-state index in [9.17, 15) is 9.59 Å². The van der Waals surface area contributed by atoms with Crippen molar-refractivity contribution >= 4 is 23.5 Å². The number of hydrogen-bond acceptors (Lipinski definition) is 3. The van der Waals surface area contributed by atoms with E-state index in [0.717, 1.165) is 6.42 Å². The third kappa shape index (κ3) is 7.25. The fraction of sp³-hybridized carbons (Fsp3) is 0.300. The fourth-order valence-corrected chi connectivity index (χ4v) is 2.20. The molecule has 0 radical (unpaired) electrons. The summed E-state index contributed by atoms with van der Waals surface area (Å²) in [5.41, 5.74) is 1.85. The van der Waals surface area contributed by atoms with Crippen molar-refractivity contribution in [2.45, 2.75) is 32.8 Å². The Kier molecular flexibility index (Phi) is 6.60. The van der Waals surface area contributed by atoms with E-state index in [1.54, 1.807) is 45.0 Å². The Morgan fingerprint density at radius 1 is 0.885 bits per heavy atom. The molecule has 0 heterocycles. The molecule has 0 aromatic heterocycles. The second kappa shape index (κ2) is 8.89. The predicted molar refractivity (Wildman–Crippen MR) is 103 cm³/mol. The van der Waals surface area contributed by atoms with Crippen molar-refractivity contribution in [3.05, 3.63) is 60.2 Å². The Balaban J connectivity index is 1.75. The van der Waals surface area contributed by atoms with Crippen LogP contribution in [0.2, 0.25) is 0 Å². The summed E-state index contributed by atoms with van der Waals surface area (Å²) in [4.78, 5) is 23.6. The van der Waals surface area contributed by atoms with Gasteiger partial charge in [-0.25, -0.2) is 9.59 Å². The average molecular weight is 355 g/mol. The number of benzene rings is 2. The molecule has 3 N–H and O–H groups in total. The van der Waals surface area contributed by atoms with Crippen LogP contribution in [0.1, 0.15) is 26.3 Å². The Hall–Kier alpha value is -3.02. The van der Waals surface area contributed by atoms with Gasteiger partial charge in [-0.3, -0.25) is 5.32 Å². The zero-order chi connectivity index (χ0) is 19.0. The molecule has 0 aliphatic heterocycles. The zero-order valence-corrected chi connectivity index (χ0v) is 15.3. The summed E-state index contributed by atoms with van der Waals surface area (Å²) < 4.78 is 5.19. The van der Waals surface area contributed by atoms with Gasteiger partial charge in [-0.2, -0.15) is 0 Å². The standard InChI is InChI=1S/C20H25N3O3/c1-20(2,3)26-19(25)23-17-11-9-16(10-12-17)22-18(24)21-14-13-15-7-5-4-6-8-15/h4-12H,13-14H2,1-3H3,(H,23,25)(H2,21,22,24). The first-order valence-electron chi connectivity index (χ1n) is 8.51. The van der Waals surface area contributed by atoms with Gasteiger partial charge in [0.1, 0.15) is 5.60 Å². The van der Waals surface area contributed by atoms with Crippen molar-refractivity contribution in [1.29, 1.82) is 0 Å². The molecule has 0 spiro atoms. The van der Waals surface area contributed by atoms with Crippen LogP contribution in [-0.4, -0.2) is 24.3 Å². The fourth-order valence-electron chi connectivity index (χ4n) is 2.20. The molecule has 0 unspecified atom stereocenters. The van der Waals surface area contributed by atoms with E-state index in [1.807, 2.05) is 30.3 Å². The maximum atomic E-state index is 11.9. The third-order valence-corrected chi connectivity index (χ3v) is 3.33. The molecule has 2 aromatic carbocycles. The first kappa shape index (κ1) is 19.3. The van der Waals surface area contributed by atoms with E-state index >= 15 is 0 Å². The molecule has 0 saturated heterocycles. The molecule has 0 saturated carbocycles. The molecule has 0 aliphatic rings. The van der Waals surface area contributed by atoms with Crippen LogP contribution in [0.4, 0.5) is 21.0 Å². The molecule has 0 fully saturated rings. The number of amides is 3. The Morgan fingerprint density at radius 2 is 1.46 bits per heavy atom. The van der Waals surface area contributed by atoms with Crippen LogP contribution in [0, 0.1) is 0 Å². The van der Waals surface area contributed by atoms with Crippen LogP contribution in [0.3, 0.4) is 0 Å². The zero-order valence-electron chi connectivity index (χ0n) is 15.3. The topological polar surface area (TPSA) is 79.5 Å². The number of urea groups is 1. The van der Waals surface area contributed by atoms with Crippen LogP contribution in [0.15, 0.2) is 54.6 Å². The number of carbonyl (C=O) groups excluding carboxylic acids is 2. The van der Waals surface area contributed by atoms with E-state index in [0.29, 0.717) is 17.9 Å². The third-order valence-electron chi connectivity index (χ3n) is 3.33. The normalized spacial score (nSPS) is 10.7. The molecule has 26 heavy (non-hydrogen) atoms. The molecule has 0 bridgehead atoms. The minimum atomic E-state index is -0.552. The maximum Gasteiger partial charge on any atom is 0.412 e. The van der Waals surface area contributed by atoms with Crippen molar-refractivity contribution in [3.63, 3.8) is 0 Å². The van der Waals surface area contributed by atoms with E-state index in [2.05, 4.69) is 16.0 Å². The number of carbonyl (C=O) groups is 2. The largest absolute Gasteiger partial charge is 0.444 e. The monoisotopic (exact) mass is 355 g/mol. The summed E-state index contributed by atoms with van der Waals surface area (Å²) in [6.45, 7) is 5.95. The van der Waals surface area contributed by atoms with Crippen LogP contribution >= 0.6 is 0 Å². The summed E-state index contributed by atoms with van der Waals surface area (Å²) in [7, 11) is 0. The van der Waals surface area contributed by atoms with Crippen molar-refractivity contribution < 1.29 is 14.3 Å². The Morgan fingerprint density at radius 3 is 2.04 bits per heavy atom. The Labute approximate surface area is 153 Å². The molecule has 6 heteroatoms. The molecule has 2 rings (SSSR count). The lowest BCUT2D eigenvalue weighted by atomic mass is 10.1.